The number of fused-ring (bicyclic) bond motifs is 21. The summed E-state index contributed by atoms with van der Waals surface area (Å²) in [6.07, 6.45) is 0. The summed E-state index contributed by atoms with van der Waals surface area (Å²) in [5.74, 6) is 0. The Kier molecular flexibility index (Phi) is 7.49. The summed E-state index contributed by atoms with van der Waals surface area (Å²) in [6, 6.07) is 49.2. The van der Waals surface area contributed by atoms with Crippen LogP contribution in [0.5, 0.6) is 0 Å². The van der Waals surface area contributed by atoms with Gasteiger partial charge in [0.2, 0.25) is 0 Å². The van der Waals surface area contributed by atoms with E-state index < -0.39 is 0 Å². The molecule has 8 rings (SSSR count). The van der Waals surface area contributed by atoms with Gasteiger partial charge in [-0.1, -0.05) is 84.9 Å². The molecule has 0 amide bonds. The van der Waals surface area contributed by atoms with Crippen molar-refractivity contribution in [1.29, 1.82) is 0 Å². The molecule has 7 aromatic carbocycles. The van der Waals surface area contributed by atoms with Crippen LogP contribution in [-0.2, 0) is 0 Å². The number of benzene rings is 7. The molecule has 0 aliphatic heterocycles. The van der Waals surface area contributed by atoms with Gasteiger partial charge in [0.05, 0.1) is 0 Å². The lowest BCUT2D eigenvalue weighted by Gasteiger charge is -2.15. The van der Waals surface area contributed by atoms with Crippen molar-refractivity contribution in [1.82, 2.24) is 0 Å². The van der Waals surface area contributed by atoms with Crippen LogP contribution in [0.3, 0.4) is 0 Å². The average Bonchev–Trinajstić information content (AvgIpc) is 3.06. The fourth-order valence-electron chi connectivity index (χ4n) is 7.81. The van der Waals surface area contributed by atoms with Crippen molar-refractivity contribution in [3.05, 3.63) is 166 Å². The Hall–Kier alpha value is -5.46. The van der Waals surface area contributed by atoms with Gasteiger partial charge in [0.25, 0.3) is 0 Å². The maximum absolute atomic E-state index is 2.37. The minimum atomic E-state index is 1.25. The largest absolute Gasteiger partial charge is 0.0514 e. The molecular weight excluding hydrogens is 589 g/mol. The van der Waals surface area contributed by atoms with Crippen LogP contribution in [0.4, 0.5) is 0 Å². The van der Waals surface area contributed by atoms with Crippen LogP contribution in [-0.4, -0.2) is 0 Å². The Morgan fingerprint density at radius 2 is 0.224 bits per heavy atom. The van der Waals surface area contributed by atoms with Gasteiger partial charge in [0.1, 0.15) is 0 Å². The van der Waals surface area contributed by atoms with Crippen LogP contribution in [0.1, 0.15) is 38.9 Å². The summed E-state index contributed by atoms with van der Waals surface area (Å²) < 4.78 is 0. The third-order valence-electron chi connectivity index (χ3n) is 9.87. The lowest BCUT2D eigenvalue weighted by Crippen LogP contribution is -1.90. The first kappa shape index (κ1) is 30.8. The van der Waals surface area contributed by atoms with E-state index in [0.717, 1.165) is 0 Å². The monoisotopic (exact) mass is 630 g/mol. The molecule has 49 heavy (non-hydrogen) atoms. The van der Waals surface area contributed by atoms with Crippen LogP contribution < -0.4 is 0 Å². The van der Waals surface area contributed by atoms with Gasteiger partial charge in [-0.15, -0.1) is 0 Å². The zero-order valence-electron chi connectivity index (χ0n) is 29.6. The van der Waals surface area contributed by atoms with Gasteiger partial charge in [-0.25, -0.2) is 0 Å². The number of hydrogen-bond acceptors (Lipinski definition) is 0. The van der Waals surface area contributed by atoms with E-state index in [4.69, 9.17) is 0 Å². The zero-order valence-corrected chi connectivity index (χ0v) is 29.6. The van der Waals surface area contributed by atoms with Crippen molar-refractivity contribution in [2.75, 3.05) is 0 Å². The van der Waals surface area contributed by atoms with Gasteiger partial charge in [-0.05, 0) is 208 Å². The van der Waals surface area contributed by atoms with E-state index in [0.29, 0.717) is 0 Å². The molecule has 0 heteroatoms. The molecular formula is C49H42. The van der Waals surface area contributed by atoms with E-state index in [1.54, 1.807) is 0 Å². The number of hydrogen-bond donors (Lipinski definition) is 0. The zero-order chi connectivity index (χ0) is 34.0. The molecule has 0 saturated carbocycles. The average molecular weight is 631 g/mol. The minimum absolute atomic E-state index is 1.25. The molecule has 0 saturated heterocycles. The third kappa shape index (κ3) is 6.16. The molecule has 0 N–H and O–H groups in total. The van der Waals surface area contributed by atoms with Gasteiger partial charge in [0.15, 0.2) is 0 Å². The summed E-state index contributed by atoms with van der Waals surface area (Å²) in [5.41, 5.74) is 26.3. The topological polar surface area (TPSA) is 0 Å². The van der Waals surface area contributed by atoms with Crippen molar-refractivity contribution in [3.8, 4) is 77.9 Å². The van der Waals surface area contributed by atoms with Crippen molar-refractivity contribution < 1.29 is 0 Å². The Morgan fingerprint density at radius 3 is 0.306 bits per heavy atom. The predicted molar refractivity (Wildman–Crippen MR) is 211 cm³/mol. The van der Waals surface area contributed by atoms with E-state index in [-0.39, 0.29) is 0 Å². The highest BCUT2D eigenvalue weighted by molar-refractivity contribution is 5.85. The molecule has 0 aromatic heterocycles. The van der Waals surface area contributed by atoms with E-state index in [1.165, 1.54) is 117 Å². The SMILES string of the molecule is Cc1cc2cc(c1)-c1cc(C)cc(c1)-c1cc(C)cc(c1)-c1cc(C)cc(c1)-c1cc(C)cc(c1)-c1cc(C)cc(c1)-c1cc(C)cc-2c1. The molecule has 0 radical (unpaired) electrons. The highest BCUT2D eigenvalue weighted by atomic mass is 14.2. The minimum Gasteiger partial charge on any atom is -0.0514 e. The molecule has 0 atom stereocenters. The Balaban J connectivity index is 1.44. The standard InChI is InChI=1S/C49H42/c1-29-8-36-22-37(9-29)39-11-31(3)13-41(24-39)43-15-33(5)17-45(26-43)47-19-35(7)21-49(28-47)48-20-34(6)18-46(27-48)44-16-32(4)14-42(25-44)40-12-30(2)10-38(36)23-40/h8-28H,1-7H3. The molecule has 14 bridgehead atoms. The predicted octanol–water partition coefficient (Wildman–Crippen LogP) is 13.8. The second-order valence-corrected chi connectivity index (χ2v) is 14.6. The van der Waals surface area contributed by atoms with Gasteiger partial charge < -0.3 is 0 Å². The summed E-state index contributed by atoms with van der Waals surface area (Å²) in [7, 11) is 0. The fourth-order valence-corrected chi connectivity index (χ4v) is 7.81. The molecule has 0 unspecified atom stereocenters. The summed E-state index contributed by atoms with van der Waals surface area (Å²) >= 11 is 0. The first-order valence-electron chi connectivity index (χ1n) is 17.4. The first-order valence-corrected chi connectivity index (χ1v) is 17.4. The Labute approximate surface area is 291 Å². The lowest BCUT2D eigenvalue weighted by atomic mass is 9.90. The van der Waals surface area contributed by atoms with E-state index >= 15 is 0 Å². The number of rotatable bonds is 0. The van der Waals surface area contributed by atoms with Crippen LogP contribution in [0, 0.1) is 48.5 Å². The Bertz CT molecular complexity index is 1820. The van der Waals surface area contributed by atoms with Crippen molar-refractivity contribution >= 4 is 0 Å². The highest BCUT2D eigenvalue weighted by Crippen LogP contribution is 2.39. The quantitative estimate of drug-likeness (QED) is 0.156. The van der Waals surface area contributed by atoms with Gasteiger partial charge in [-0.3, -0.25) is 0 Å². The molecule has 0 nitrogen and oxygen atoms in total. The highest BCUT2D eigenvalue weighted by Gasteiger charge is 2.14. The van der Waals surface area contributed by atoms with Gasteiger partial charge >= 0.3 is 0 Å². The van der Waals surface area contributed by atoms with Crippen molar-refractivity contribution in [3.63, 3.8) is 0 Å². The molecule has 0 fully saturated rings. The molecule has 0 heterocycles. The summed E-state index contributed by atoms with van der Waals surface area (Å²) in [6.45, 7) is 15.5. The molecule has 1 aliphatic rings. The first-order chi connectivity index (χ1) is 23.5. The van der Waals surface area contributed by atoms with Crippen LogP contribution in [0.2, 0.25) is 0 Å². The lowest BCUT2D eigenvalue weighted by molar-refractivity contribution is 1.41. The number of aryl methyl sites for hydroxylation is 7. The second-order valence-electron chi connectivity index (χ2n) is 14.6. The van der Waals surface area contributed by atoms with E-state index in [1.807, 2.05) is 0 Å². The maximum Gasteiger partial charge on any atom is -0.0175 e. The third-order valence-corrected chi connectivity index (χ3v) is 9.87. The van der Waals surface area contributed by atoms with Gasteiger partial charge in [0, 0.05) is 0 Å². The second kappa shape index (κ2) is 11.9. The smallest absolute Gasteiger partial charge is 0.0175 e. The van der Waals surface area contributed by atoms with Crippen LogP contribution >= 0.6 is 0 Å². The molecule has 0 spiro atoms. The summed E-state index contributed by atoms with van der Waals surface area (Å²) in [4.78, 5) is 0. The van der Waals surface area contributed by atoms with Crippen LogP contribution in [0.25, 0.3) is 77.9 Å². The molecule has 238 valence electrons. The maximum atomic E-state index is 2.37. The van der Waals surface area contributed by atoms with Crippen molar-refractivity contribution in [2.45, 2.75) is 48.5 Å². The Morgan fingerprint density at radius 1 is 0.143 bits per heavy atom. The molecule has 1 aliphatic carbocycles. The fraction of sp³-hybridized carbons (Fsp3) is 0.143. The summed E-state index contributed by atoms with van der Waals surface area (Å²) in [5, 5.41) is 0. The van der Waals surface area contributed by atoms with E-state index in [2.05, 4.69) is 176 Å². The normalized spacial score (nSPS) is 11.6. The van der Waals surface area contributed by atoms with E-state index in [9.17, 15) is 0 Å². The van der Waals surface area contributed by atoms with Crippen LogP contribution in [0.15, 0.2) is 127 Å². The van der Waals surface area contributed by atoms with Crippen molar-refractivity contribution in [2.24, 2.45) is 0 Å². The molecule has 7 aromatic rings. The van der Waals surface area contributed by atoms with Gasteiger partial charge in [-0.2, -0.15) is 0 Å².